The summed E-state index contributed by atoms with van der Waals surface area (Å²) in [7, 11) is 0. The summed E-state index contributed by atoms with van der Waals surface area (Å²) < 4.78 is 4.83. The second-order valence-corrected chi connectivity index (χ2v) is 13.4. The van der Waals surface area contributed by atoms with Crippen molar-refractivity contribution >= 4 is 65.3 Å². The number of aromatic nitrogens is 4. The maximum atomic E-state index is 5.13. The van der Waals surface area contributed by atoms with Crippen LogP contribution in [0, 0.1) is 0 Å². The fourth-order valence-electron chi connectivity index (χ4n) is 8.16. The second kappa shape index (κ2) is 11.2. The second-order valence-electron chi connectivity index (χ2n) is 13.4. The Morgan fingerprint density at radius 1 is 0.346 bits per heavy atom. The first kappa shape index (κ1) is 28.8. The molecule has 0 amide bonds. The Bertz CT molecular complexity index is 3160. The minimum Gasteiger partial charge on any atom is -0.309 e. The molecule has 242 valence electrons. The van der Waals surface area contributed by atoms with Crippen LogP contribution in [0.25, 0.3) is 99.3 Å². The Morgan fingerprint density at radius 3 is 1.79 bits per heavy atom. The monoisotopic (exact) mass is 662 g/mol. The number of fused-ring (bicyclic) bond motifs is 9. The molecule has 0 atom stereocenters. The molecule has 4 heteroatoms. The van der Waals surface area contributed by atoms with Crippen molar-refractivity contribution in [3.05, 3.63) is 182 Å². The summed E-state index contributed by atoms with van der Waals surface area (Å²) in [6.45, 7) is 0. The van der Waals surface area contributed by atoms with Gasteiger partial charge in [-0.3, -0.25) is 0 Å². The molecule has 0 fully saturated rings. The van der Waals surface area contributed by atoms with Gasteiger partial charge in [-0.2, -0.15) is 0 Å². The molecule has 0 radical (unpaired) electrons. The van der Waals surface area contributed by atoms with E-state index in [0.29, 0.717) is 5.82 Å². The predicted octanol–water partition coefficient (Wildman–Crippen LogP) is 12.3. The molecule has 8 aromatic carbocycles. The van der Waals surface area contributed by atoms with Crippen LogP contribution < -0.4 is 0 Å². The number of hydrogen-bond donors (Lipinski definition) is 0. The number of hydrogen-bond acceptors (Lipinski definition) is 2. The van der Waals surface area contributed by atoms with E-state index in [1.54, 1.807) is 0 Å². The molecule has 11 aromatic rings. The number of rotatable bonds is 4. The molecule has 0 spiro atoms. The normalized spacial score (nSPS) is 11.8. The van der Waals surface area contributed by atoms with Gasteiger partial charge in [0.25, 0.3) is 0 Å². The zero-order valence-corrected chi connectivity index (χ0v) is 28.1. The van der Waals surface area contributed by atoms with Gasteiger partial charge in [-0.05, 0) is 77.5 Å². The van der Waals surface area contributed by atoms with Crippen molar-refractivity contribution < 1.29 is 0 Å². The zero-order valence-electron chi connectivity index (χ0n) is 28.1. The van der Waals surface area contributed by atoms with E-state index in [2.05, 4.69) is 173 Å². The van der Waals surface area contributed by atoms with Gasteiger partial charge in [0.1, 0.15) is 0 Å². The van der Waals surface area contributed by atoms with Crippen molar-refractivity contribution in [2.75, 3.05) is 0 Å². The van der Waals surface area contributed by atoms with Gasteiger partial charge in [-0.15, -0.1) is 0 Å². The maximum absolute atomic E-state index is 5.13. The molecule has 3 aromatic heterocycles. The van der Waals surface area contributed by atoms with Gasteiger partial charge in [-0.25, -0.2) is 9.97 Å². The highest BCUT2D eigenvalue weighted by molar-refractivity contribution is 6.25. The number of benzene rings is 8. The lowest BCUT2D eigenvalue weighted by atomic mass is 10.0. The molecular weight excluding hydrogens is 633 g/mol. The Balaban J connectivity index is 1.15. The SMILES string of the molecule is c1ccc(-c2nc(-c3ccc(-n4c5ccccc5c5cc6c(cc54)c4c5ccccc5ccc4n6-c4ccccc4)cc3)nc3ccccc23)cc1. The third-order valence-corrected chi connectivity index (χ3v) is 10.5. The van der Waals surface area contributed by atoms with Crippen molar-refractivity contribution in [1.82, 2.24) is 19.1 Å². The highest BCUT2D eigenvalue weighted by Crippen LogP contribution is 2.42. The number of nitrogens with zero attached hydrogens (tertiary/aromatic N) is 4. The predicted molar refractivity (Wildman–Crippen MR) is 217 cm³/mol. The molecule has 0 saturated heterocycles. The first-order valence-corrected chi connectivity index (χ1v) is 17.7. The largest absolute Gasteiger partial charge is 0.309 e. The summed E-state index contributed by atoms with van der Waals surface area (Å²) >= 11 is 0. The third kappa shape index (κ3) is 4.28. The summed E-state index contributed by atoms with van der Waals surface area (Å²) in [4.78, 5) is 10.1. The lowest BCUT2D eigenvalue weighted by Gasteiger charge is -2.11. The van der Waals surface area contributed by atoms with E-state index in [1.165, 1.54) is 54.4 Å². The maximum Gasteiger partial charge on any atom is 0.160 e. The first-order chi connectivity index (χ1) is 25.8. The van der Waals surface area contributed by atoms with Crippen LogP contribution in [-0.4, -0.2) is 19.1 Å². The van der Waals surface area contributed by atoms with Gasteiger partial charge in [0.15, 0.2) is 5.82 Å². The third-order valence-electron chi connectivity index (χ3n) is 10.5. The van der Waals surface area contributed by atoms with E-state index in [0.717, 1.165) is 39.1 Å². The Hall–Kier alpha value is -7.04. The highest BCUT2D eigenvalue weighted by Gasteiger charge is 2.20. The van der Waals surface area contributed by atoms with E-state index in [4.69, 9.17) is 9.97 Å². The van der Waals surface area contributed by atoms with Crippen LogP contribution in [0.5, 0.6) is 0 Å². The van der Waals surface area contributed by atoms with E-state index >= 15 is 0 Å². The van der Waals surface area contributed by atoms with Gasteiger partial charge in [0.2, 0.25) is 0 Å². The molecule has 3 heterocycles. The molecule has 0 N–H and O–H groups in total. The van der Waals surface area contributed by atoms with Crippen LogP contribution in [0.1, 0.15) is 0 Å². The van der Waals surface area contributed by atoms with Gasteiger partial charge in [0.05, 0.1) is 33.3 Å². The molecule has 52 heavy (non-hydrogen) atoms. The molecule has 0 aliphatic rings. The quantitative estimate of drug-likeness (QED) is 0.188. The van der Waals surface area contributed by atoms with E-state index in [9.17, 15) is 0 Å². The van der Waals surface area contributed by atoms with Crippen molar-refractivity contribution in [3.8, 4) is 34.0 Å². The van der Waals surface area contributed by atoms with Crippen LogP contribution in [0.15, 0.2) is 182 Å². The lowest BCUT2D eigenvalue weighted by molar-refractivity contribution is 1.17. The van der Waals surface area contributed by atoms with Gasteiger partial charge >= 0.3 is 0 Å². The lowest BCUT2D eigenvalue weighted by Crippen LogP contribution is -1.97. The summed E-state index contributed by atoms with van der Waals surface area (Å²) in [5.41, 5.74) is 10.9. The molecule has 4 nitrogen and oxygen atoms in total. The van der Waals surface area contributed by atoms with E-state index < -0.39 is 0 Å². The highest BCUT2D eigenvalue weighted by atomic mass is 15.0. The Kier molecular flexibility index (Phi) is 6.22. The average Bonchev–Trinajstić information content (AvgIpc) is 3.72. The van der Waals surface area contributed by atoms with Crippen LogP contribution >= 0.6 is 0 Å². The van der Waals surface area contributed by atoms with Gasteiger partial charge in [-0.1, -0.05) is 115 Å². The minimum absolute atomic E-state index is 0.716. The Labute approximate surface area is 299 Å². The molecule has 0 aliphatic heterocycles. The van der Waals surface area contributed by atoms with Crippen molar-refractivity contribution in [2.24, 2.45) is 0 Å². The summed E-state index contributed by atoms with van der Waals surface area (Å²) in [5, 5.41) is 8.51. The van der Waals surface area contributed by atoms with Gasteiger partial charge in [0, 0.05) is 49.4 Å². The molecular formula is C48H30N4. The smallest absolute Gasteiger partial charge is 0.160 e. The van der Waals surface area contributed by atoms with Crippen molar-refractivity contribution in [2.45, 2.75) is 0 Å². The summed E-state index contributed by atoms with van der Waals surface area (Å²) in [5.74, 6) is 0.716. The van der Waals surface area contributed by atoms with Crippen LogP contribution in [-0.2, 0) is 0 Å². The van der Waals surface area contributed by atoms with E-state index in [1.807, 2.05) is 18.2 Å². The molecule has 0 saturated carbocycles. The fourth-order valence-corrected chi connectivity index (χ4v) is 8.16. The molecule has 0 unspecified atom stereocenters. The average molecular weight is 663 g/mol. The molecule has 0 bridgehead atoms. The zero-order chi connectivity index (χ0) is 34.2. The van der Waals surface area contributed by atoms with Gasteiger partial charge < -0.3 is 9.13 Å². The van der Waals surface area contributed by atoms with Crippen LogP contribution in [0.4, 0.5) is 0 Å². The first-order valence-electron chi connectivity index (χ1n) is 17.7. The van der Waals surface area contributed by atoms with Crippen molar-refractivity contribution in [1.29, 1.82) is 0 Å². The van der Waals surface area contributed by atoms with E-state index in [-0.39, 0.29) is 0 Å². The summed E-state index contributed by atoms with van der Waals surface area (Å²) in [6.07, 6.45) is 0. The standard InChI is InChI=1S/C48H30N4/c1-3-14-32(15-4-1)47-38-20-9-11-21-41(38)49-48(50-47)33-23-26-35(27-24-33)51-42-22-12-10-19-37(42)39-29-45-40(30-44(39)51)46-36-18-8-7-13-31(36)25-28-43(46)52(45)34-16-5-2-6-17-34/h1-30H. The summed E-state index contributed by atoms with van der Waals surface area (Å²) in [6, 6.07) is 64.9. The van der Waals surface area contributed by atoms with Crippen LogP contribution in [0.2, 0.25) is 0 Å². The molecule has 0 aliphatic carbocycles. The minimum atomic E-state index is 0.716. The Morgan fingerprint density at radius 2 is 0.962 bits per heavy atom. The topological polar surface area (TPSA) is 35.6 Å². The fraction of sp³-hybridized carbons (Fsp3) is 0. The molecule has 11 rings (SSSR count). The van der Waals surface area contributed by atoms with Crippen LogP contribution in [0.3, 0.4) is 0 Å². The van der Waals surface area contributed by atoms with Crippen molar-refractivity contribution in [3.63, 3.8) is 0 Å². The number of para-hydroxylation sites is 3.